The van der Waals surface area contributed by atoms with Crippen molar-refractivity contribution in [3.05, 3.63) is 45.9 Å². The molecule has 1 atom stereocenters. The first-order valence-corrected chi connectivity index (χ1v) is 7.81. The van der Waals surface area contributed by atoms with E-state index in [4.69, 9.17) is 9.84 Å². The number of carboxylic acids is 1. The summed E-state index contributed by atoms with van der Waals surface area (Å²) in [4.78, 5) is 17.1. The maximum absolute atomic E-state index is 10.9. The van der Waals surface area contributed by atoms with Crippen LogP contribution in [0.25, 0.3) is 0 Å². The number of nitrogens with zero attached hydrogens (tertiary/aromatic N) is 2. The molecule has 2 aromatic rings. The molecule has 0 saturated heterocycles. The van der Waals surface area contributed by atoms with Crippen molar-refractivity contribution in [2.45, 2.75) is 12.6 Å². The molecule has 2 N–H and O–H groups in total. The summed E-state index contributed by atoms with van der Waals surface area (Å²) >= 11 is 1.32. The number of hydrogen-bond donors (Lipinski definition) is 2. The molecular formula is C15H16N2O4S. The van der Waals surface area contributed by atoms with Crippen LogP contribution in [0.2, 0.25) is 0 Å². The van der Waals surface area contributed by atoms with Crippen molar-refractivity contribution in [3.8, 4) is 5.75 Å². The van der Waals surface area contributed by atoms with Crippen molar-refractivity contribution in [1.29, 1.82) is 0 Å². The molecular weight excluding hydrogens is 304 g/mol. The molecule has 0 aliphatic carbocycles. The summed E-state index contributed by atoms with van der Waals surface area (Å²) in [5, 5.41) is 21.0. The molecule has 1 aromatic carbocycles. The summed E-state index contributed by atoms with van der Waals surface area (Å²) in [7, 11) is 0. The number of hydrogen-bond acceptors (Lipinski definition) is 6. The summed E-state index contributed by atoms with van der Waals surface area (Å²) in [5.41, 5.74) is 1.00. The zero-order chi connectivity index (χ0) is 15.5. The Balaban J connectivity index is 1.84. The van der Waals surface area contributed by atoms with Gasteiger partial charge in [0.25, 0.3) is 0 Å². The molecule has 0 bridgehead atoms. The molecule has 116 valence electrons. The zero-order valence-corrected chi connectivity index (χ0v) is 12.6. The number of benzene rings is 1. The van der Waals surface area contributed by atoms with Gasteiger partial charge in [-0.3, -0.25) is 4.90 Å². The first kappa shape index (κ1) is 15.0. The van der Waals surface area contributed by atoms with Crippen LogP contribution in [0.1, 0.15) is 27.1 Å². The standard InChI is InChI=1S/C15H16N2O4S/c18-8-12-10-3-1-2-4-13(10)21-6-5-17(12)7-14-16-11(9-22-14)15(19)20/h1-4,9,12,18H,5-8H2,(H,19,20). The van der Waals surface area contributed by atoms with Gasteiger partial charge in [-0.25, -0.2) is 9.78 Å². The second-order valence-corrected chi connectivity index (χ2v) is 5.93. The van der Waals surface area contributed by atoms with Gasteiger partial charge in [-0.1, -0.05) is 18.2 Å². The SMILES string of the molecule is O=C(O)c1csc(CN2CCOc3ccccc3C2CO)n1. The molecule has 0 spiro atoms. The van der Waals surface area contributed by atoms with Crippen molar-refractivity contribution in [3.63, 3.8) is 0 Å². The molecule has 0 radical (unpaired) electrons. The highest BCUT2D eigenvalue weighted by Gasteiger charge is 2.26. The summed E-state index contributed by atoms with van der Waals surface area (Å²) in [6.07, 6.45) is 0. The number of aliphatic hydroxyl groups is 1. The van der Waals surface area contributed by atoms with Gasteiger partial charge in [-0.2, -0.15) is 0 Å². The highest BCUT2D eigenvalue weighted by Crippen LogP contribution is 2.32. The van der Waals surface area contributed by atoms with Gasteiger partial charge in [0.2, 0.25) is 0 Å². The predicted octanol–water partition coefficient (Wildman–Crippen LogP) is 1.77. The molecule has 7 heteroatoms. The van der Waals surface area contributed by atoms with Gasteiger partial charge in [0, 0.05) is 17.5 Å². The van der Waals surface area contributed by atoms with Gasteiger partial charge in [0.05, 0.1) is 19.2 Å². The molecule has 1 aromatic heterocycles. The summed E-state index contributed by atoms with van der Waals surface area (Å²) < 4.78 is 5.73. The van der Waals surface area contributed by atoms with Crippen LogP contribution in [0.4, 0.5) is 0 Å². The van der Waals surface area contributed by atoms with Crippen LogP contribution in [-0.2, 0) is 6.54 Å². The van der Waals surface area contributed by atoms with E-state index in [2.05, 4.69) is 9.88 Å². The lowest BCUT2D eigenvalue weighted by Gasteiger charge is -2.27. The normalized spacial score (nSPS) is 18.3. The second kappa shape index (κ2) is 6.43. The third kappa shape index (κ3) is 2.96. The minimum Gasteiger partial charge on any atom is -0.492 e. The highest BCUT2D eigenvalue weighted by molar-refractivity contribution is 7.09. The Morgan fingerprint density at radius 1 is 1.45 bits per heavy atom. The van der Waals surface area contributed by atoms with Crippen LogP contribution < -0.4 is 4.74 Å². The lowest BCUT2D eigenvalue weighted by molar-refractivity contribution is 0.0690. The van der Waals surface area contributed by atoms with E-state index in [0.717, 1.165) is 16.3 Å². The second-order valence-electron chi connectivity index (χ2n) is 4.99. The number of aliphatic hydroxyl groups excluding tert-OH is 1. The third-order valence-electron chi connectivity index (χ3n) is 3.64. The van der Waals surface area contributed by atoms with Crippen molar-refractivity contribution in [2.24, 2.45) is 0 Å². The molecule has 2 heterocycles. The van der Waals surface area contributed by atoms with Gasteiger partial charge in [-0.15, -0.1) is 11.3 Å². The number of carbonyl (C=O) groups is 1. The van der Waals surface area contributed by atoms with Crippen LogP contribution in [-0.4, -0.2) is 45.8 Å². The Bertz CT molecular complexity index is 673. The van der Waals surface area contributed by atoms with Crippen molar-refractivity contribution >= 4 is 17.3 Å². The van der Waals surface area contributed by atoms with E-state index in [1.165, 1.54) is 16.7 Å². The zero-order valence-electron chi connectivity index (χ0n) is 11.8. The number of aromatic carboxylic acids is 1. The van der Waals surface area contributed by atoms with Gasteiger partial charge in [0.1, 0.15) is 17.4 Å². The van der Waals surface area contributed by atoms with Gasteiger partial charge in [0.15, 0.2) is 5.69 Å². The lowest BCUT2D eigenvalue weighted by Crippen LogP contribution is -2.32. The maximum Gasteiger partial charge on any atom is 0.355 e. The smallest absolute Gasteiger partial charge is 0.355 e. The number of aromatic nitrogens is 1. The van der Waals surface area contributed by atoms with E-state index >= 15 is 0 Å². The Hall–Kier alpha value is -1.96. The number of thiazole rings is 1. The lowest BCUT2D eigenvalue weighted by atomic mass is 10.1. The van der Waals surface area contributed by atoms with E-state index in [1.54, 1.807) is 0 Å². The molecule has 22 heavy (non-hydrogen) atoms. The summed E-state index contributed by atoms with van der Waals surface area (Å²) in [6, 6.07) is 7.48. The number of fused-ring (bicyclic) bond motifs is 1. The fourth-order valence-corrected chi connectivity index (χ4v) is 3.36. The third-order valence-corrected chi connectivity index (χ3v) is 4.47. The van der Waals surface area contributed by atoms with E-state index in [-0.39, 0.29) is 18.3 Å². The van der Waals surface area contributed by atoms with Crippen molar-refractivity contribution in [1.82, 2.24) is 9.88 Å². The van der Waals surface area contributed by atoms with E-state index in [9.17, 15) is 9.90 Å². The van der Waals surface area contributed by atoms with Crippen molar-refractivity contribution in [2.75, 3.05) is 19.8 Å². The van der Waals surface area contributed by atoms with E-state index in [0.29, 0.717) is 19.7 Å². The van der Waals surface area contributed by atoms with Crippen LogP contribution >= 0.6 is 11.3 Å². The first-order valence-electron chi connectivity index (χ1n) is 6.93. The Labute approximate surface area is 131 Å². The molecule has 1 aliphatic rings. The Morgan fingerprint density at radius 2 is 2.27 bits per heavy atom. The summed E-state index contributed by atoms with van der Waals surface area (Å²) in [6.45, 7) is 1.62. The van der Waals surface area contributed by atoms with E-state index < -0.39 is 5.97 Å². The minimum absolute atomic E-state index is 0.0302. The quantitative estimate of drug-likeness (QED) is 0.893. The van der Waals surface area contributed by atoms with Crippen LogP contribution in [0.15, 0.2) is 29.6 Å². The fraction of sp³-hybridized carbons (Fsp3) is 0.333. The van der Waals surface area contributed by atoms with Gasteiger partial charge >= 0.3 is 5.97 Å². The Morgan fingerprint density at radius 3 is 3.00 bits per heavy atom. The minimum atomic E-state index is -1.02. The topological polar surface area (TPSA) is 82.9 Å². The van der Waals surface area contributed by atoms with Gasteiger partial charge < -0.3 is 14.9 Å². The largest absolute Gasteiger partial charge is 0.492 e. The van der Waals surface area contributed by atoms with Crippen LogP contribution in [0.5, 0.6) is 5.75 Å². The van der Waals surface area contributed by atoms with Crippen LogP contribution in [0.3, 0.4) is 0 Å². The maximum atomic E-state index is 10.9. The Kier molecular flexibility index (Phi) is 4.37. The molecule has 0 fully saturated rings. The number of ether oxygens (including phenoxy) is 1. The predicted molar refractivity (Wildman–Crippen MR) is 81.2 cm³/mol. The number of para-hydroxylation sites is 1. The van der Waals surface area contributed by atoms with Gasteiger partial charge in [-0.05, 0) is 6.07 Å². The molecule has 1 aliphatic heterocycles. The van der Waals surface area contributed by atoms with Crippen molar-refractivity contribution < 1.29 is 19.7 Å². The molecule has 1 unspecified atom stereocenters. The average Bonchev–Trinajstić information content (AvgIpc) is 2.90. The molecule has 0 saturated carbocycles. The van der Waals surface area contributed by atoms with E-state index in [1.807, 2.05) is 24.3 Å². The fourth-order valence-electron chi connectivity index (χ4n) is 2.57. The number of carboxylic acid groups (broad SMARTS) is 1. The average molecular weight is 320 g/mol. The summed E-state index contributed by atoms with van der Waals surface area (Å²) in [5.74, 6) is -0.236. The molecule has 6 nitrogen and oxygen atoms in total. The first-order chi connectivity index (χ1) is 10.7. The highest BCUT2D eigenvalue weighted by atomic mass is 32.1. The monoisotopic (exact) mass is 320 g/mol. The molecule has 0 amide bonds. The number of rotatable bonds is 4. The van der Waals surface area contributed by atoms with Crippen LogP contribution in [0, 0.1) is 0 Å². The molecule has 3 rings (SSSR count).